The fourth-order valence-corrected chi connectivity index (χ4v) is 2.14. The van der Waals surface area contributed by atoms with Crippen molar-refractivity contribution in [1.29, 1.82) is 0 Å². The van der Waals surface area contributed by atoms with Crippen LogP contribution in [-0.2, 0) is 6.54 Å². The fraction of sp³-hybridized carbons (Fsp3) is 0.308. The Hall–Kier alpha value is -1.20. The molecule has 0 aliphatic heterocycles. The highest BCUT2D eigenvalue weighted by molar-refractivity contribution is 9.10. The first-order valence-electron chi connectivity index (χ1n) is 5.77. The predicted molar refractivity (Wildman–Crippen MR) is 70.7 cm³/mol. The van der Waals surface area contributed by atoms with E-state index in [2.05, 4.69) is 28.0 Å². The first-order chi connectivity index (χ1) is 8.61. The van der Waals surface area contributed by atoms with Gasteiger partial charge in [-0.05, 0) is 40.0 Å². The van der Waals surface area contributed by atoms with Crippen LogP contribution in [0.25, 0.3) is 0 Å². The first kappa shape index (κ1) is 13.2. The molecule has 1 atom stereocenters. The predicted octanol–water partition coefficient (Wildman–Crippen LogP) is 3.28. The summed E-state index contributed by atoms with van der Waals surface area (Å²) in [6.45, 7) is 2.88. The molecule has 3 nitrogen and oxygen atoms in total. The van der Waals surface area contributed by atoms with Gasteiger partial charge < -0.3 is 5.11 Å². The van der Waals surface area contributed by atoms with Crippen LogP contribution in [0.3, 0.4) is 0 Å². The Bertz CT molecular complexity index is 542. The maximum absolute atomic E-state index is 13.1. The Morgan fingerprint density at radius 3 is 2.89 bits per heavy atom. The van der Waals surface area contributed by atoms with Gasteiger partial charge in [0.25, 0.3) is 0 Å². The maximum Gasteiger partial charge on any atom is 0.137 e. The molecule has 0 fully saturated rings. The minimum Gasteiger partial charge on any atom is -0.384 e. The molecule has 0 spiro atoms. The highest BCUT2D eigenvalue weighted by atomic mass is 79.9. The lowest BCUT2D eigenvalue weighted by Gasteiger charge is -2.09. The normalized spacial score (nSPS) is 12.7. The van der Waals surface area contributed by atoms with E-state index in [4.69, 9.17) is 0 Å². The minimum absolute atomic E-state index is 0.340. The van der Waals surface area contributed by atoms with Gasteiger partial charge in [-0.3, -0.25) is 4.68 Å². The van der Waals surface area contributed by atoms with E-state index in [0.29, 0.717) is 15.6 Å². The highest BCUT2D eigenvalue weighted by Crippen LogP contribution is 2.25. The number of aromatic nitrogens is 2. The molecule has 5 heteroatoms. The van der Waals surface area contributed by atoms with Crippen molar-refractivity contribution >= 4 is 15.9 Å². The Labute approximate surface area is 113 Å². The number of hydrogen-bond donors (Lipinski definition) is 1. The summed E-state index contributed by atoms with van der Waals surface area (Å²) in [4.78, 5) is 0. The van der Waals surface area contributed by atoms with Crippen LogP contribution in [0, 0.1) is 5.82 Å². The smallest absolute Gasteiger partial charge is 0.137 e. The summed E-state index contributed by atoms with van der Waals surface area (Å²) in [5.41, 5.74) is 1.35. The maximum atomic E-state index is 13.1. The Morgan fingerprint density at radius 2 is 2.22 bits per heavy atom. The van der Waals surface area contributed by atoms with Gasteiger partial charge in [0, 0.05) is 18.3 Å². The Balaban J connectivity index is 2.23. The van der Waals surface area contributed by atoms with Gasteiger partial charge in [0.2, 0.25) is 0 Å². The van der Waals surface area contributed by atoms with E-state index in [-0.39, 0.29) is 5.82 Å². The summed E-state index contributed by atoms with van der Waals surface area (Å²) >= 11 is 3.11. The van der Waals surface area contributed by atoms with Crippen molar-refractivity contribution in [3.05, 3.63) is 52.0 Å². The second kappa shape index (κ2) is 5.63. The van der Waals surface area contributed by atoms with Crippen molar-refractivity contribution in [2.45, 2.75) is 26.0 Å². The topological polar surface area (TPSA) is 38.0 Å². The lowest BCUT2D eigenvalue weighted by molar-refractivity contribution is 0.220. The van der Waals surface area contributed by atoms with Crippen LogP contribution in [0.1, 0.15) is 30.6 Å². The average molecular weight is 313 g/mol. The zero-order valence-corrected chi connectivity index (χ0v) is 11.6. The quantitative estimate of drug-likeness (QED) is 0.941. The van der Waals surface area contributed by atoms with Crippen molar-refractivity contribution < 1.29 is 9.50 Å². The first-order valence-corrected chi connectivity index (χ1v) is 6.56. The van der Waals surface area contributed by atoms with Crippen LogP contribution in [-0.4, -0.2) is 14.9 Å². The lowest BCUT2D eigenvalue weighted by Crippen LogP contribution is -2.00. The molecule has 0 aliphatic carbocycles. The molecule has 96 valence electrons. The van der Waals surface area contributed by atoms with Gasteiger partial charge >= 0.3 is 0 Å². The number of nitrogens with zero attached hydrogens (tertiary/aromatic N) is 2. The molecule has 0 aliphatic rings. The molecule has 1 heterocycles. The summed E-state index contributed by atoms with van der Waals surface area (Å²) in [5, 5.41) is 14.4. The molecular formula is C13H14BrFN2O. The number of benzene rings is 1. The number of aliphatic hydroxyl groups is 1. The third-order valence-electron chi connectivity index (χ3n) is 2.68. The van der Waals surface area contributed by atoms with E-state index in [1.54, 1.807) is 23.0 Å². The molecule has 0 radical (unpaired) electrons. The fourth-order valence-electron chi connectivity index (χ4n) is 1.75. The molecule has 0 bridgehead atoms. The average Bonchev–Trinajstić information content (AvgIpc) is 2.81. The van der Waals surface area contributed by atoms with Gasteiger partial charge in [-0.15, -0.1) is 0 Å². The van der Waals surface area contributed by atoms with Gasteiger partial charge in [0.15, 0.2) is 0 Å². The molecule has 0 saturated heterocycles. The van der Waals surface area contributed by atoms with Gasteiger partial charge in [-0.25, -0.2) is 4.39 Å². The second-order valence-electron chi connectivity index (χ2n) is 4.11. The molecule has 2 aromatic rings. The van der Waals surface area contributed by atoms with Crippen molar-refractivity contribution in [2.24, 2.45) is 0 Å². The second-order valence-corrected chi connectivity index (χ2v) is 4.97. The van der Waals surface area contributed by atoms with E-state index < -0.39 is 6.10 Å². The third-order valence-corrected chi connectivity index (χ3v) is 3.29. The number of hydrogen-bond acceptors (Lipinski definition) is 2. The van der Waals surface area contributed by atoms with Crippen molar-refractivity contribution in [3.8, 4) is 0 Å². The van der Waals surface area contributed by atoms with Crippen LogP contribution in [0.4, 0.5) is 4.39 Å². The van der Waals surface area contributed by atoms with Gasteiger partial charge in [-0.1, -0.05) is 13.0 Å². The number of halogens is 2. The summed E-state index contributed by atoms with van der Waals surface area (Å²) in [5.74, 6) is -0.340. The summed E-state index contributed by atoms with van der Waals surface area (Å²) in [7, 11) is 0. The van der Waals surface area contributed by atoms with E-state index in [0.717, 1.165) is 13.0 Å². The molecule has 0 saturated carbocycles. The van der Waals surface area contributed by atoms with E-state index in [1.165, 1.54) is 6.07 Å². The van der Waals surface area contributed by atoms with Crippen molar-refractivity contribution in [3.63, 3.8) is 0 Å². The minimum atomic E-state index is -0.785. The lowest BCUT2D eigenvalue weighted by atomic mass is 10.1. The third kappa shape index (κ3) is 2.79. The van der Waals surface area contributed by atoms with Crippen molar-refractivity contribution in [1.82, 2.24) is 9.78 Å². The Morgan fingerprint density at radius 1 is 1.44 bits per heavy atom. The number of aliphatic hydroxyl groups excluding tert-OH is 1. The van der Waals surface area contributed by atoms with E-state index in [1.807, 2.05) is 6.20 Å². The molecule has 18 heavy (non-hydrogen) atoms. The van der Waals surface area contributed by atoms with E-state index in [9.17, 15) is 9.50 Å². The van der Waals surface area contributed by atoms with Gasteiger partial charge in [-0.2, -0.15) is 5.10 Å². The Kier molecular flexibility index (Phi) is 4.14. The molecule has 1 aromatic carbocycles. The van der Waals surface area contributed by atoms with E-state index >= 15 is 0 Å². The SMILES string of the molecule is CCCn1cc(C(O)c2ccc(F)c(Br)c2)cn1. The van der Waals surface area contributed by atoms with Gasteiger partial charge in [0.1, 0.15) is 11.9 Å². The molecular weight excluding hydrogens is 299 g/mol. The summed E-state index contributed by atoms with van der Waals surface area (Å²) in [6, 6.07) is 4.48. The van der Waals surface area contributed by atoms with Gasteiger partial charge in [0.05, 0.1) is 10.7 Å². The van der Waals surface area contributed by atoms with Crippen molar-refractivity contribution in [2.75, 3.05) is 0 Å². The molecule has 0 amide bonds. The van der Waals surface area contributed by atoms with Crippen LogP contribution in [0.15, 0.2) is 35.1 Å². The monoisotopic (exact) mass is 312 g/mol. The molecule has 1 aromatic heterocycles. The molecule has 2 rings (SSSR count). The standard InChI is InChI=1S/C13H14BrFN2O/c1-2-5-17-8-10(7-16-17)13(18)9-3-4-12(15)11(14)6-9/h3-4,6-8,13,18H,2,5H2,1H3. The highest BCUT2D eigenvalue weighted by Gasteiger charge is 2.14. The van der Waals surface area contributed by atoms with Crippen LogP contribution in [0.5, 0.6) is 0 Å². The molecule has 1 unspecified atom stereocenters. The number of rotatable bonds is 4. The number of aryl methyl sites for hydroxylation is 1. The van der Waals surface area contributed by atoms with Crippen LogP contribution in [0.2, 0.25) is 0 Å². The summed E-state index contributed by atoms with van der Waals surface area (Å²) < 4.78 is 15.3. The summed E-state index contributed by atoms with van der Waals surface area (Å²) in [6.07, 6.45) is 3.65. The molecule has 1 N–H and O–H groups in total. The largest absolute Gasteiger partial charge is 0.384 e. The van der Waals surface area contributed by atoms with Crippen LogP contribution < -0.4 is 0 Å². The zero-order chi connectivity index (χ0) is 13.1. The van der Waals surface area contributed by atoms with Crippen LogP contribution >= 0.6 is 15.9 Å². The zero-order valence-electron chi connectivity index (χ0n) is 9.98.